The number of hydrogen-bond acceptors (Lipinski definition) is 3. The Hall–Kier alpha value is -2.33. The third-order valence-electron chi connectivity index (χ3n) is 3.30. The summed E-state index contributed by atoms with van der Waals surface area (Å²) in [4.78, 5) is 19.1. The number of methoxy groups -OCH3 is 1. The molecule has 2 aromatic carbocycles. The van der Waals surface area contributed by atoms with Crippen LogP contribution in [0.5, 0.6) is 5.75 Å². The molecular formula is C16H13ClN2O2. The van der Waals surface area contributed by atoms with E-state index in [0.29, 0.717) is 27.5 Å². The van der Waals surface area contributed by atoms with Crippen molar-refractivity contribution < 1.29 is 4.74 Å². The van der Waals surface area contributed by atoms with Gasteiger partial charge in [-0.15, -0.1) is 0 Å². The average molecular weight is 301 g/mol. The number of nitrogens with zero attached hydrogens (tertiary/aromatic N) is 1. The lowest BCUT2D eigenvalue weighted by molar-refractivity contribution is 0.416. The SMILES string of the molecule is COc1ccc(Cl)cc1-c1ccc2nc(C)[nH]c(=O)c2c1. The maximum atomic E-state index is 12.1. The molecule has 5 heteroatoms. The normalized spacial score (nSPS) is 10.8. The summed E-state index contributed by atoms with van der Waals surface area (Å²) in [5.74, 6) is 1.30. The first kappa shape index (κ1) is 13.6. The van der Waals surface area contributed by atoms with Crippen molar-refractivity contribution in [1.82, 2.24) is 9.97 Å². The number of rotatable bonds is 2. The summed E-state index contributed by atoms with van der Waals surface area (Å²) in [6.07, 6.45) is 0. The van der Waals surface area contributed by atoms with Crippen LogP contribution in [0.3, 0.4) is 0 Å². The Morgan fingerprint density at radius 3 is 2.76 bits per heavy atom. The Morgan fingerprint density at radius 1 is 1.19 bits per heavy atom. The molecule has 4 nitrogen and oxygen atoms in total. The van der Waals surface area contributed by atoms with Gasteiger partial charge in [0.25, 0.3) is 5.56 Å². The Kier molecular flexibility index (Phi) is 3.39. The molecule has 0 atom stereocenters. The minimum atomic E-state index is -0.152. The summed E-state index contributed by atoms with van der Waals surface area (Å²) < 4.78 is 5.36. The van der Waals surface area contributed by atoms with Crippen molar-refractivity contribution in [2.24, 2.45) is 0 Å². The van der Waals surface area contributed by atoms with Crippen molar-refractivity contribution in [3.05, 3.63) is 57.6 Å². The third-order valence-corrected chi connectivity index (χ3v) is 3.53. The summed E-state index contributed by atoms with van der Waals surface area (Å²) in [7, 11) is 1.60. The summed E-state index contributed by atoms with van der Waals surface area (Å²) in [6.45, 7) is 1.76. The van der Waals surface area contributed by atoms with Crippen LogP contribution in [-0.4, -0.2) is 17.1 Å². The number of aromatic nitrogens is 2. The molecule has 0 saturated heterocycles. The lowest BCUT2D eigenvalue weighted by Crippen LogP contribution is -2.09. The van der Waals surface area contributed by atoms with E-state index in [4.69, 9.17) is 16.3 Å². The molecule has 21 heavy (non-hydrogen) atoms. The fraction of sp³-hybridized carbons (Fsp3) is 0.125. The van der Waals surface area contributed by atoms with Gasteiger partial charge in [0.2, 0.25) is 0 Å². The predicted molar refractivity (Wildman–Crippen MR) is 84.1 cm³/mol. The van der Waals surface area contributed by atoms with Gasteiger partial charge in [-0.05, 0) is 42.8 Å². The molecule has 0 aliphatic heterocycles. The highest BCUT2D eigenvalue weighted by Crippen LogP contribution is 2.33. The molecule has 0 fully saturated rings. The van der Waals surface area contributed by atoms with Gasteiger partial charge >= 0.3 is 0 Å². The lowest BCUT2D eigenvalue weighted by Gasteiger charge is -2.10. The second kappa shape index (κ2) is 5.22. The van der Waals surface area contributed by atoms with Gasteiger partial charge in [0.05, 0.1) is 18.0 Å². The van der Waals surface area contributed by atoms with Gasteiger partial charge in [0.15, 0.2) is 0 Å². The fourth-order valence-corrected chi connectivity index (χ4v) is 2.50. The van der Waals surface area contributed by atoms with Crippen LogP contribution in [0.2, 0.25) is 5.02 Å². The number of benzene rings is 2. The van der Waals surface area contributed by atoms with E-state index < -0.39 is 0 Å². The largest absolute Gasteiger partial charge is 0.496 e. The molecule has 3 aromatic rings. The van der Waals surface area contributed by atoms with Gasteiger partial charge in [-0.1, -0.05) is 17.7 Å². The number of ether oxygens (including phenoxy) is 1. The molecule has 0 unspecified atom stereocenters. The second-order valence-electron chi connectivity index (χ2n) is 4.73. The van der Waals surface area contributed by atoms with E-state index in [1.54, 1.807) is 32.2 Å². The van der Waals surface area contributed by atoms with Gasteiger partial charge in [-0.3, -0.25) is 4.79 Å². The van der Waals surface area contributed by atoms with Crippen LogP contribution in [-0.2, 0) is 0 Å². The van der Waals surface area contributed by atoms with Crippen LogP contribution in [0.15, 0.2) is 41.2 Å². The number of aryl methyl sites for hydroxylation is 1. The molecule has 0 amide bonds. The highest BCUT2D eigenvalue weighted by Gasteiger charge is 2.09. The van der Waals surface area contributed by atoms with E-state index in [2.05, 4.69) is 9.97 Å². The Bertz CT molecular complexity index is 887. The Morgan fingerprint density at radius 2 is 2.00 bits per heavy atom. The first-order valence-electron chi connectivity index (χ1n) is 6.43. The van der Waals surface area contributed by atoms with E-state index >= 15 is 0 Å². The summed E-state index contributed by atoms with van der Waals surface area (Å²) in [5.41, 5.74) is 2.21. The topological polar surface area (TPSA) is 55.0 Å². The van der Waals surface area contributed by atoms with Crippen LogP contribution < -0.4 is 10.3 Å². The van der Waals surface area contributed by atoms with Gasteiger partial charge in [0, 0.05) is 10.6 Å². The van der Waals surface area contributed by atoms with Crippen LogP contribution in [0.1, 0.15) is 5.82 Å². The van der Waals surface area contributed by atoms with Crippen molar-refractivity contribution in [2.75, 3.05) is 7.11 Å². The number of halogens is 1. The van der Waals surface area contributed by atoms with E-state index in [-0.39, 0.29) is 5.56 Å². The summed E-state index contributed by atoms with van der Waals surface area (Å²) in [6, 6.07) is 10.9. The first-order valence-corrected chi connectivity index (χ1v) is 6.81. The molecule has 0 bridgehead atoms. The van der Waals surface area contributed by atoms with Crippen molar-refractivity contribution >= 4 is 22.5 Å². The molecule has 0 saturated carbocycles. The molecule has 0 aliphatic carbocycles. The maximum Gasteiger partial charge on any atom is 0.258 e. The molecular weight excluding hydrogens is 288 g/mol. The van der Waals surface area contributed by atoms with Crippen LogP contribution in [0, 0.1) is 6.92 Å². The van der Waals surface area contributed by atoms with Crippen molar-refractivity contribution in [1.29, 1.82) is 0 Å². The molecule has 106 valence electrons. The molecule has 1 aromatic heterocycles. The maximum absolute atomic E-state index is 12.1. The Labute approximate surface area is 126 Å². The van der Waals surface area contributed by atoms with E-state index in [0.717, 1.165) is 11.1 Å². The summed E-state index contributed by atoms with van der Waals surface area (Å²) >= 11 is 6.06. The van der Waals surface area contributed by atoms with Gasteiger partial charge in [0.1, 0.15) is 11.6 Å². The smallest absolute Gasteiger partial charge is 0.258 e. The third kappa shape index (κ3) is 2.50. The molecule has 1 heterocycles. The van der Waals surface area contributed by atoms with E-state index in [1.807, 2.05) is 18.2 Å². The van der Waals surface area contributed by atoms with Gasteiger partial charge in [-0.2, -0.15) is 0 Å². The molecule has 0 radical (unpaired) electrons. The first-order chi connectivity index (χ1) is 10.1. The van der Waals surface area contributed by atoms with Crippen molar-refractivity contribution in [3.8, 4) is 16.9 Å². The minimum Gasteiger partial charge on any atom is -0.496 e. The average Bonchev–Trinajstić information content (AvgIpc) is 2.47. The summed E-state index contributed by atoms with van der Waals surface area (Å²) in [5, 5.41) is 1.15. The van der Waals surface area contributed by atoms with Gasteiger partial charge < -0.3 is 9.72 Å². The number of hydrogen-bond donors (Lipinski definition) is 1. The molecule has 3 rings (SSSR count). The lowest BCUT2D eigenvalue weighted by atomic mass is 10.0. The van der Waals surface area contributed by atoms with E-state index in [9.17, 15) is 4.79 Å². The number of fused-ring (bicyclic) bond motifs is 1. The zero-order valence-corrected chi connectivity index (χ0v) is 12.4. The highest BCUT2D eigenvalue weighted by molar-refractivity contribution is 6.31. The van der Waals surface area contributed by atoms with Crippen LogP contribution >= 0.6 is 11.6 Å². The number of H-pyrrole nitrogens is 1. The minimum absolute atomic E-state index is 0.152. The zero-order chi connectivity index (χ0) is 15.0. The standard InChI is InChI=1S/C16H13ClN2O2/c1-9-18-14-5-3-10(7-13(14)16(20)19-9)12-8-11(17)4-6-15(12)21-2/h3-8H,1-2H3,(H,18,19,20). The quantitative estimate of drug-likeness (QED) is 0.787. The number of aromatic amines is 1. The molecule has 0 aliphatic rings. The van der Waals surface area contributed by atoms with Crippen LogP contribution in [0.25, 0.3) is 22.0 Å². The fourth-order valence-electron chi connectivity index (χ4n) is 2.33. The van der Waals surface area contributed by atoms with Crippen LogP contribution in [0.4, 0.5) is 0 Å². The molecule has 1 N–H and O–H groups in total. The second-order valence-corrected chi connectivity index (χ2v) is 5.16. The monoisotopic (exact) mass is 300 g/mol. The molecule has 0 spiro atoms. The van der Waals surface area contributed by atoms with Crippen molar-refractivity contribution in [2.45, 2.75) is 6.92 Å². The van der Waals surface area contributed by atoms with Gasteiger partial charge in [-0.25, -0.2) is 4.98 Å². The zero-order valence-electron chi connectivity index (χ0n) is 11.6. The highest BCUT2D eigenvalue weighted by atomic mass is 35.5. The number of nitrogens with one attached hydrogen (secondary N) is 1. The predicted octanol–water partition coefficient (Wildman–Crippen LogP) is 3.56. The Balaban J connectivity index is 2.27. The van der Waals surface area contributed by atoms with Crippen molar-refractivity contribution in [3.63, 3.8) is 0 Å². The van der Waals surface area contributed by atoms with E-state index in [1.165, 1.54) is 0 Å².